The van der Waals surface area contributed by atoms with Crippen LogP contribution in [-0.2, 0) is 35.2 Å². The Morgan fingerprint density at radius 2 is 1.48 bits per heavy atom. The summed E-state index contributed by atoms with van der Waals surface area (Å²) in [6, 6.07) is 2.09. The first-order valence-electron chi connectivity index (χ1n) is 12.8. The third-order valence-electron chi connectivity index (χ3n) is 6.13. The van der Waals surface area contributed by atoms with Gasteiger partial charge in [0.1, 0.15) is 18.1 Å². The molecule has 14 nitrogen and oxygen atoms in total. The Labute approximate surface area is 230 Å². The number of amides is 5. The minimum Gasteiger partial charge on any atom is -0.480 e. The average molecular weight is 560 g/mol. The molecule has 4 atom stereocenters. The lowest BCUT2D eigenvalue weighted by Crippen LogP contribution is -2.58. The summed E-state index contributed by atoms with van der Waals surface area (Å²) in [7, 11) is 0. The molecule has 0 aliphatic carbocycles. The first-order chi connectivity index (χ1) is 18.8. The number of para-hydroxylation sites is 1. The molecule has 2 rings (SSSR count). The van der Waals surface area contributed by atoms with Crippen LogP contribution in [0.15, 0.2) is 30.5 Å². The van der Waals surface area contributed by atoms with Crippen molar-refractivity contribution in [2.24, 2.45) is 23.1 Å². The molecule has 0 radical (unpaired) electrons. The van der Waals surface area contributed by atoms with E-state index in [4.69, 9.17) is 17.2 Å². The standard InChI is InChI=1S/C26H37N7O7/c1-13(2)9-20(26(39)40)33-24(37)18(10-14-12-30-17-6-4-3-5-15(14)17)32-25(38)19(11-22(29)35)31-23(36)16(27)7-8-21(28)34/h3-6,12-13,16,18-20,30H,7-11,27H2,1-2H3,(H2,28,34)(H2,29,35)(H,31,36)(H,32,38)(H,33,37)(H,39,40). The molecule has 0 aliphatic heterocycles. The van der Waals surface area contributed by atoms with Gasteiger partial charge in [0.05, 0.1) is 12.5 Å². The van der Waals surface area contributed by atoms with E-state index in [2.05, 4.69) is 20.9 Å². The second-order valence-corrected chi connectivity index (χ2v) is 10.00. The van der Waals surface area contributed by atoms with Gasteiger partial charge < -0.3 is 43.2 Å². The number of H-pyrrole nitrogens is 1. The summed E-state index contributed by atoms with van der Waals surface area (Å²) in [5.41, 5.74) is 17.6. The highest BCUT2D eigenvalue weighted by atomic mass is 16.4. The number of hydrogen-bond donors (Lipinski definition) is 8. The topological polar surface area (TPSA) is 253 Å². The predicted molar refractivity (Wildman–Crippen MR) is 145 cm³/mol. The van der Waals surface area contributed by atoms with Gasteiger partial charge in [-0.25, -0.2) is 4.79 Å². The minimum absolute atomic E-state index is 0.0367. The summed E-state index contributed by atoms with van der Waals surface area (Å²) in [6.07, 6.45) is 0.912. The fourth-order valence-corrected chi connectivity index (χ4v) is 4.09. The molecule has 0 saturated heterocycles. The molecule has 1 heterocycles. The minimum atomic E-state index is -1.49. The molecule has 1 aromatic carbocycles. The number of carboxylic acid groups (broad SMARTS) is 1. The Balaban J connectivity index is 2.31. The number of carbonyl (C=O) groups is 6. The van der Waals surface area contributed by atoms with Crippen molar-refractivity contribution in [3.8, 4) is 0 Å². The van der Waals surface area contributed by atoms with Crippen molar-refractivity contribution in [2.45, 2.75) is 70.1 Å². The van der Waals surface area contributed by atoms with Gasteiger partial charge in [0, 0.05) is 29.9 Å². The molecular weight excluding hydrogens is 522 g/mol. The van der Waals surface area contributed by atoms with E-state index in [0.717, 1.165) is 10.9 Å². The lowest BCUT2D eigenvalue weighted by atomic mass is 10.0. The number of primary amides is 2. The van der Waals surface area contributed by atoms with Gasteiger partial charge in [-0.3, -0.25) is 24.0 Å². The van der Waals surface area contributed by atoms with Crippen LogP contribution in [0.3, 0.4) is 0 Å². The van der Waals surface area contributed by atoms with Crippen molar-refractivity contribution >= 4 is 46.4 Å². The number of nitrogens with two attached hydrogens (primary N) is 3. The summed E-state index contributed by atoms with van der Waals surface area (Å²) < 4.78 is 0. The number of aromatic nitrogens is 1. The molecule has 0 spiro atoms. The van der Waals surface area contributed by atoms with Crippen molar-refractivity contribution in [3.63, 3.8) is 0 Å². The van der Waals surface area contributed by atoms with Crippen molar-refractivity contribution in [3.05, 3.63) is 36.0 Å². The van der Waals surface area contributed by atoms with E-state index in [0.29, 0.717) is 5.56 Å². The van der Waals surface area contributed by atoms with Gasteiger partial charge in [0.15, 0.2) is 0 Å². The Bertz CT molecular complexity index is 1240. The highest BCUT2D eigenvalue weighted by Gasteiger charge is 2.32. The fourth-order valence-electron chi connectivity index (χ4n) is 4.09. The Morgan fingerprint density at radius 3 is 2.08 bits per heavy atom. The summed E-state index contributed by atoms with van der Waals surface area (Å²) in [6.45, 7) is 3.61. The summed E-state index contributed by atoms with van der Waals surface area (Å²) in [4.78, 5) is 76.6. The summed E-state index contributed by atoms with van der Waals surface area (Å²) in [5, 5.41) is 17.7. The number of aromatic amines is 1. The van der Waals surface area contributed by atoms with Crippen LogP contribution in [0, 0.1) is 5.92 Å². The van der Waals surface area contributed by atoms with E-state index in [-0.39, 0.29) is 31.6 Å². The van der Waals surface area contributed by atoms with Crippen molar-refractivity contribution in [1.29, 1.82) is 0 Å². The third-order valence-corrected chi connectivity index (χ3v) is 6.13. The molecule has 40 heavy (non-hydrogen) atoms. The van der Waals surface area contributed by atoms with E-state index in [9.17, 15) is 33.9 Å². The highest BCUT2D eigenvalue weighted by molar-refractivity contribution is 5.96. The number of benzene rings is 1. The molecule has 2 aromatic rings. The van der Waals surface area contributed by atoms with Gasteiger partial charge in [-0.2, -0.15) is 0 Å². The quantitative estimate of drug-likeness (QED) is 0.123. The van der Waals surface area contributed by atoms with Gasteiger partial charge in [0.2, 0.25) is 29.5 Å². The van der Waals surface area contributed by atoms with Gasteiger partial charge in [-0.05, 0) is 30.4 Å². The predicted octanol–water partition coefficient (Wildman–Crippen LogP) is -1.24. The Hall–Kier alpha value is -4.46. The zero-order chi connectivity index (χ0) is 30.0. The SMILES string of the molecule is CC(C)CC(NC(=O)C(Cc1c[nH]c2ccccc12)NC(=O)C(CC(N)=O)NC(=O)C(N)CCC(N)=O)C(=O)O. The Morgan fingerprint density at radius 1 is 0.875 bits per heavy atom. The number of fused-ring (bicyclic) bond motifs is 1. The van der Waals surface area contributed by atoms with E-state index in [1.807, 2.05) is 18.2 Å². The first-order valence-corrected chi connectivity index (χ1v) is 12.8. The molecule has 0 saturated carbocycles. The maximum absolute atomic E-state index is 13.3. The third kappa shape index (κ3) is 9.69. The number of nitrogens with one attached hydrogen (secondary N) is 4. The molecule has 218 valence electrons. The number of carboxylic acids is 1. The molecule has 0 bridgehead atoms. The lowest BCUT2D eigenvalue weighted by Gasteiger charge is -2.25. The van der Waals surface area contributed by atoms with E-state index in [1.54, 1.807) is 26.1 Å². The van der Waals surface area contributed by atoms with Crippen LogP contribution in [0.5, 0.6) is 0 Å². The normalized spacial score (nSPS) is 14.1. The smallest absolute Gasteiger partial charge is 0.326 e. The molecule has 1 aromatic heterocycles. The van der Waals surface area contributed by atoms with Crippen molar-refractivity contribution < 1.29 is 33.9 Å². The van der Waals surface area contributed by atoms with Gasteiger partial charge >= 0.3 is 5.97 Å². The van der Waals surface area contributed by atoms with Crippen LogP contribution in [0.2, 0.25) is 0 Å². The Kier molecular flexibility index (Phi) is 11.6. The second-order valence-electron chi connectivity index (χ2n) is 10.00. The van der Waals surface area contributed by atoms with Gasteiger partial charge in [-0.15, -0.1) is 0 Å². The zero-order valence-electron chi connectivity index (χ0n) is 22.4. The van der Waals surface area contributed by atoms with E-state index < -0.39 is 66.1 Å². The molecule has 5 amide bonds. The second kappa shape index (κ2) is 14.6. The summed E-state index contributed by atoms with van der Waals surface area (Å²) >= 11 is 0. The molecule has 11 N–H and O–H groups in total. The van der Waals surface area contributed by atoms with Crippen LogP contribution < -0.4 is 33.2 Å². The first kappa shape index (κ1) is 31.8. The number of aliphatic carboxylic acids is 1. The van der Waals surface area contributed by atoms with Crippen LogP contribution in [-0.4, -0.2) is 69.8 Å². The largest absolute Gasteiger partial charge is 0.480 e. The highest BCUT2D eigenvalue weighted by Crippen LogP contribution is 2.19. The number of hydrogen-bond acceptors (Lipinski definition) is 7. The van der Waals surface area contributed by atoms with E-state index >= 15 is 0 Å². The summed E-state index contributed by atoms with van der Waals surface area (Å²) in [5.74, 6) is -5.37. The molecule has 0 fully saturated rings. The van der Waals surface area contributed by atoms with Crippen LogP contribution >= 0.6 is 0 Å². The van der Waals surface area contributed by atoms with E-state index in [1.165, 1.54) is 0 Å². The lowest BCUT2D eigenvalue weighted by molar-refractivity contribution is -0.143. The number of carbonyl (C=O) groups excluding carboxylic acids is 5. The fraction of sp³-hybridized carbons (Fsp3) is 0.462. The maximum Gasteiger partial charge on any atom is 0.326 e. The molecule has 0 aliphatic rings. The van der Waals surface area contributed by atoms with Crippen LogP contribution in [0.1, 0.15) is 45.1 Å². The number of rotatable bonds is 16. The van der Waals surface area contributed by atoms with Crippen molar-refractivity contribution in [2.75, 3.05) is 0 Å². The molecule has 4 unspecified atom stereocenters. The average Bonchev–Trinajstić information content (AvgIpc) is 3.28. The van der Waals surface area contributed by atoms with Gasteiger partial charge in [0.25, 0.3) is 0 Å². The zero-order valence-corrected chi connectivity index (χ0v) is 22.4. The monoisotopic (exact) mass is 559 g/mol. The van der Waals surface area contributed by atoms with Crippen molar-refractivity contribution in [1.82, 2.24) is 20.9 Å². The van der Waals surface area contributed by atoms with Crippen LogP contribution in [0.4, 0.5) is 0 Å². The molecule has 14 heteroatoms. The molecular formula is C26H37N7O7. The van der Waals surface area contributed by atoms with Gasteiger partial charge in [-0.1, -0.05) is 32.0 Å². The van der Waals surface area contributed by atoms with Crippen LogP contribution in [0.25, 0.3) is 10.9 Å². The maximum atomic E-state index is 13.3.